The predicted octanol–water partition coefficient (Wildman–Crippen LogP) is 2.96. The maximum Gasteiger partial charge on any atom is 0.216 e. The van der Waals surface area contributed by atoms with Gasteiger partial charge in [-0.1, -0.05) is 12.1 Å². The summed E-state index contributed by atoms with van der Waals surface area (Å²) in [5.41, 5.74) is 1.57. The number of aromatic nitrogens is 7. The molecule has 0 aliphatic heterocycles. The second-order valence-corrected chi connectivity index (χ2v) is 7.10. The molecule has 0 fully saturated rings. The highest BCUT2D eigenvalue weighted by atomic mass is 32.2. The van der Waals surface area contributed by atoms with Crippen LogP contribution in [0.1, 0.15) is 5.76 Å². The maximum atomic E-state index is 14.2. The first-order chi connectivity index (χ1) is 14.1. The molecule has 1 aromatic carbocycles. The summed E-state index contributed by atoms with van der Waals surface area (Å²) >= 11 is 1.22. The number of aryl methyl sites for hydroxylation is 1. The van der Waals surface area contributed by atoms with Gasteiger partial charge in [-0.15, -0.1) is 20.4 Å². The van der Waals surface area contributed by atoms with Crippen molar-refractivity contribution in [3.8, 4) is 22.8 Å². The number of nitrogens with two attached hydrogens (primary N) is 1. The Morgan fingerprint density at radius 3 is 2.59 bits per heavy atom. The van der Waals surface area contributed by atoms with E-state index in [2.05, 4.69) is 25.5 Å². The molecule has 0 spiro atoms. The van der Waals surface area contributed by atoms with Gasteiger partial charge >= 0.3 is 0 Å². The summed E-state index contributed by atoms with van der Waals surface area (Å²) in [6.07, 6.45) is 1.57. The lowest BCUT2D eigenvalue weighted by Crippen LogP contribution is -2.11. The Labute approximate surface area is 167 Å². The Balaban J connectivity index is 1.52. The molecule has 0 atom stereocenters. The first-order valence-electron chi connectivity index (χ1n) is 8.52. The van der Waals surface area contributed by atoms with Crippen LogP contribution in [0.15, 0.2) is 63.3 Å². The summed E-state index contributed by atoms with van der Waals surface area (Å²) in [6.45, 7) is 1.82. The molecule has 5 rings (SSSR count). The van der Waals surface area contributed by atoms with E-state index >= 15 is 0 Å². The molecule has 0 saturated heterocycles. The quantitative estimate of drug-likeness (QED) is 0.452. The lowest BCUT2D eigenvalue weighted by Gasteiger charge is -2.04. The third kappa shape index (κ3) is 2.91. The molecule has 0 bridgehead atoms. The van der Waals surface area contributed by atoms with Crippen LogP contribution in [0.2, 0.25) is 0 Å². The lowest BCUT2D eigenvalue weighted by molar-refractivity contribution is 0.535. The van der Waals surface area contributed by atoms with Crippen LogP contribution < -0.4 is 5.84 Å². The fraction of sp³-hybridized carbons (Fsp3) is 0.0556. The molecule has 0 radical (unpaired) electrons. The number of fused-ring (bicyclic) bond motifs is 1. The van der Waals surface area contributed by atoms with E-state index < -0.39 is 5.82 Å². The first-order valence-corrected chi connectivity index (χ1v) is 9.33. The van der Waals surface area contributed by atoms with Crippen LogP contribution >= 0.6 is 11.8 Å². The average Bonchev–Trinajstić information content (AvgIpc) is 3.42. The van der Waals surface area contributed by atoms with Gasteiger partial charge in [-0.3, -0.25) is 0 Å². The van der Waals surface area contributed by atoms with E-state index in [1.165, 1.54) is 27.0 Å². The van der Waals surface area contributed by atoms with Crippen molar-refractivity contribution in [2.24, 2.45) is 0 Å². The number of nitrogen functional groups attached to an aromatic ring is 1. The second kappa shape index (κ2) is 6.71. The van der Waals surface area contributed by atoms with Crippen molar-refractivity contribution in [2.45, 2.75) is 17.1 Å². The van der Waals surface area contributed by atoms with Gasteiger partial charge in [-0.25, -0.2) is 9.07 Å². The van der Waals surface area contributed by atoms with E-state index in [0.29, 0.717) is 38.8 Å². The molecular weight excluding hydrogens is 395 g/mol. The molecule has 9 nitrogen and oxygen atoms in total. The number of rotatable bonds is 4. The number of halogens is 1. The van der Waals surface area contributed by atoms with Crippen molar-refractivity contribution in [3.63, 3.8) is 0 Å². The topological polar surface area (TPSA) is 113 Å². The van der Waals surface area contributed by atoms with Crippen molar-refractivity contribution in [2.75, 3.05) is 5.84 Å². The molecule has 5 aromatic rings. The lowest BCUT2D eigenvalue weighted by atomic mass is 10.2. The average molecular weight is 408 g/mol. The molecule has 0 aliphatic carbocycles. The summed E-state index contributed by atoms with van der Waals surface area (Å²) in [7, 11) is 0. The van der Waals surface area contributed by atoms with Gasteiger partial charge in [0.1, 0.15) is 16.6 Å². The minimum Gasteiger partial charge on any atom is -0.469 e. The number of benzene rings is 1. The molecule has 2 N–H and O–H groups in total. The zero-order valence-electron chi connectivity index (χ0n) is 15.0. The SMILES string of the molecule is Cc1occc1-c1nnc(Sc2ccc3nnc(-c4ccccc4F)n3n2)n1N. The highest BCUT2D eigenvalue weighted by Gasteiger charge is 2.18. The van der Waals surface area contributed by atoms with Crippen molar-refractivity contribution in [3.05, 3.63) is 60.3 Å². The van der Waals surface area contributed by atoms with Crippen molar-refractivity contribution >= 4 is 17.4 Å². The molecule has 144 valence electrons. The molecule has 4 aromatic heterocycles. The van der Waals surface area contributed by atoms with Crippen LogP contribution in [-0.2, 0) is 0 Å². The van der Waals surface area contributed by atoms with Crippen molar-refractivity contribution in [1.29, 1.82) is 0 Å². The van der Waals surface area contributed by atoms with Crippen molar-refractivity contribution < 1.29 is 8.81 Å². The number of hydrogen-bond donors (Lipinski definition) is 1. The normalized spacial score (nSPS) is 11.4. The molecule has 0 aliphatic rings. The zero-order valence-corrected chi connectivity index (χ0v) is 15.8. The number of hydrogen-bond acceptors (Lipinski definition) is 8. The Bertz CT molecular complexity index is 1340. The van der Waals surface area contributed by atoms with Gasteiger partial charge in [-0.05, 0) is 49.0 Å². The fourth-order valence-corrected chi connectivity index (χ4v) is 3.59. The Morgan fingerprint density at radius 1 is 0.966 bits per heavy atom. The van der Waals surface area contributed by atoms with Crippen LogP contribution in [-0.4, -0.2) is 34.7 Å². The van der Waals surface area contributed by atoms with Gasteiger partial charge in [0.05, 0.1) is 17.4 Å². The Kier molecular flexibility index (Phi) is 4.02. The summed E-state index contributed by atoms with van der Waals surface area (Å²) < 4.78 is 22.4. The Morgan fingerprint density at radius 2 is 1.79 bits per heavy atom. The van der Waals surface area contributed by atoms with Crippen LogP contribution in [0.4, 0.5) is 4.39 Å². The largest absolute Gasteiger partial charge is 0.469 e. The third-order valence-corrected chi connectivity index (χ3v) is 5.20. The van der Waals surface area contributed by atoms with Crippen LogP contribution in [0.3, 0.4) is 0 Å². The molecule has 11 heteroatoms. The second-order valence-electron chi connectivity index (χ2n) is 6.11. The van der Waals surface area contributed by atoms with Crippen LogP contribution in [0.5, 0.6) is 0 Å². The first kappa shape index (κ1) is 17.4. The zero-order chi connectivity index (χ0) is 20.0. The van der Waals surface area contributed by atoms with E-state index in [1.807, 2.05) is 6.92 Å². The molecule has 0 saturated carbocycles. The summed E-state index contributed by atoms with van der Waals surface area (Å²) in [6, 6.07) is 11.6. The number of furan rings is 1. The molecule has 29 heavy (non-hydrogen) atoms. The van der Waals surface area contributed by atoms with Gasteiger partial charge in [0.2, 0.25) is 5.16 Å². The van der Waals surface area contributed by atoms with Crippen LogP contribution in [0.25, 0.3) is 28.4 Å². The van der Waals surface area contributed by atoms with E-state index in [9.17, 15) is 4.39 Å². The van der Waals surface area contributed by atoms with E-state index in [-0.39, 0.29) is 0 Å². The van der Waals surface area contributed by atoms with E-state index in [1.54, 1.807) is 42.7 Å². The fourth-order valence-electron chi connectivity index (χ4n) is 2.88. The van der Waals surface area contributed by atoms with E-state index in [0.717, 1.165) is 5.56 Å². The smallest absolute Gasteiger partial charge is 0.216 e. The molecule has 0 unspecified atom stereocenters. The van der Waals surface area contributed by atoms with Crippen molar-refractivity contribution in [1.82, 2.24) is 34.7 Å². The third-order valence-electron chi connectivity index (χ3n) is 4.31. The summed E-state index contributed by atoms with van der Waals surface area (Å²) in [5.74, 6) is 7.25. The number of nitrogens with zero attached hydrogens (tertiary/aromatic N) is 7. The van der Waals surface area contributed by atoms with Gasteiger partial charge < -0.3 is 10.3 Å². The molecule has 4 heterocycles. The van der Waals surface area contributed by atoms with E-state index in [4.69, 9.17) is 10.3 Å². The minimum atomic E-state index is -0.400. The minimum absolute atomic E-state index is 0.310. The van der Waals surface area contributed by atoms with Gasteiger partial charge in [0.25, 0.3) is 0 Å². The van der Waals surface area contributed by atoms with Gasteiger partial charge in [0.15, 0.2) is 17.3 Å². The molecule has 0 amide bonds. The molecular formula is C18H13FN8OS. The standard InChI is InChI=1S/C18H13FN8OS/c1-10-11(8-9-28-10)16-22-24-18(26(16)20)29-15-7-6-14-21-23-17(27(14)25-15)12-4-2-3-5-13(12)19/h2-9H,20H2,1H3. The van der Waals surface area contributed by atoms with Gasteiger partial charge in [0, 0.05) is 0 Å². The summed E-state index contributed by atoms with van der Waals surface area (Å²) in [4.78, 5) is 0. The Hall–Kier alpha value is -3.73. The predicted molar refractivity (Wildman–Crippen MR) is 103 cm³/mol. The monoisotopic (exact) mass is 408 g/mol. The maximum absolute atomic E-state index is 14.2. The highest BCUT2D eigenvalue weighted by Crippen LogP contribution is 2.29. The van der Waals surface area contributed by atoms with Gasteiger partial charge in [-0.2, -0.15) is 9.61 Å². The van der Waals surface area contributed by atoms with Crippen LogP contribution in [0, 0.1) is 12.7 Å². The summed E-state index contributed by atoms with van der Waals surface area (Å²) in [5, 5.41) is 21.9. The highest BCUT2D eigenvalue weighted by molar-refractivity contribution is 7.99.